The lowest BCUT2D eigenvalue weighted by Crippen LogP contribution is -2.09. The molecular formula is C12H18N2O2. The first kappa shape index (κ1) is 12.6. The van der Waals surface area contributed by atoms with Crippen LogP contribution in [0.25, 0.3) is 0 Å². The van der Waals surface area contributed by atoms with Crippen LogP contribution in [0.1, 0.15) is 49.5 Å². The van der Waals surface area contributed by atoms with E-state index in [1.807, 2.05) is 13.8 Å². The third-order valence-corrected chi connectivity index (χ3v) is 2.35. The Bertz CT molecular complexity index is 377. The van der Waals surface area contributed by atoms with E-state index in [0.717, 1.165) is 11.4 Å². The molecule has 88 valence electrons. The Kier molecular flexibility index (Phi) is 3.99. The Morgan fingerprint density at radius 1 is 1.25 bits per heavy atom. The number of carbonyl (C=O) groups excluding carboxylic acids is 1. The fourth-order valence-corrected chi connectivity index (χ4v) is 1.86. The average Bonchev–Trinajstić information content (AvgIpc) is 2.12. The number of aryl methyl sites for hydroxylation is 2. The van der Waals surface area contributed by atoms with Gasteiger partial charge >= 0.3 is 5.97 Å². The van der Waals surface area contributed by atoms with Crippen molar-refractivity contribution in [3.63, 3.8) is 0 Å². The molecule has 4 nitrogen and oxygen atoms in total. The van der Waals surface area contributed by atoms with E-state index in [1.54, 1.807) is 0 Å². The number of aromatic nitrogens is 2. The molecule has 0 bridgehead atoms. The Morgan fingerprint density at radius 3 is 2.12 bits per heavy atom. The fourth-order valence-electron chi connectivity index (χ4n) is 1.86. The molecule has 4 heteroatoms. The number of esters is 1. The van der Waals surface area contributed by atoms with Gasteiger partial charge in [0.05, 0.1) is 0 Å². The second-order valence-corrected chi connectivity index (χ2v) is 4.16. The maximum absolute atomic E-state index is 10.7. The third kappa shape index (κ3) is 3.02. The van der Waals surface area contributed by atoms with E-state index in [0.29, 0.717) is 11.7 Å². The van der Waals surface area contributed by atoms with Crippen molar-refractivity contribution in [3.8, 4) is 0 Å². The minimum Gasteiger partial charge on any atom is -0.458 e. The number of rotatable bonds is 3. The van der Waals surface area contributed by atoms with E-state index in [9.17, 15) is 4.79 Å². The van der Waals surface area contributed by atoms with E-state index in [-0.39, 0.29) is 12.6 Å². The fraction of sp³-hybridized carbons (Fsp3) is 0.583. The maximum Gasteiger partial charge on any atom is 0.303 e. The van der Waals surface area contributed by atoms with Crippen molar-refractivity contribution in [3.05, 3.63) is 22.8 Å². The van der Waals surface area contributed by atoms with Crippen molar-refractivity contribution in [2.24, 2.45) is 0 Å². The van der Waals surface area contributed by atoms with Gasteiger partial charge in [0.2, 0.25) is 0 Å². The molecule has 0 fully saturated rings. The molecule has 0 saturated carbocycles. The monoisotopic (exact) mass is 222 g/mol. The van der Waals surface area contributed by atoms with Crippen molar-refractivity contribution < 1.29 is 9.53 Å². The zero-order chi connectivity index (χ0) is 12.3. The number of hydrogen-bond acceptors (Lipinski definition) is 4. The standard InChI is InChI=1S/C12H18N2O2/c1-7(2)12-8(3)13-11(14-9(12)4)6-16-10(5)15/h7H,6H2,1-5H3. The average molecular weight is 222 g/mol. The summed E-state index contributed by atoms with van der Waals surface area (Å²) in [6.45, 7) is 9.68. The topological polar surface area (TPSA) is 52.1 Å². The molecule has 0 aliphatic heterocycles. The van der Waals surface area contributed by atoms with Gasteiger partial charge in [-0.3, -0.25) is 4.79 Å². The van der Waals surface area contributed by atoms with E-state index in [1.165, 1.54) is 12.5 Å². The summed E-state index contributed by atoms with van der Waals surface area (Å²) in [6.07, 6.45) is 0. The molecule has 0 spiro atoms. The van der Waals surface area contributed by atoms with Crippen LogP contribution in [0.5, 0.6) is 0 Å². The highest BCUT2D eigenvalue weighted by atomic mass is 16.5. The second kappa shape index (κ2) is 5.05. The van der Waals surface area contributed by atoms with Crippen LogP contribution in [0.3, 0.4) is 0 Å². The second-order valence-electron chi connectivity index (χ2n) is 4.16. The van der Waals surface area contributed by atoms with E-state index >= 15 is 0 Å². The van der Waals surface area contributed by atoms with Gasteiger partial charge in [-0.2, -0.15) is 0 Å². The molecule has 0 saturated heterocycles. The first-order valence-corrected chi connectivity index (χ1v) is 5.39. The normalized spacial score (nSPS) is 10.6. The highest BCUT2D eigenvalue weighted by Crippen LogP contribution is 2.20. The highest BCUT2D eigenvalue weighted by molar-refractivity contribution is 5.65. The Morgan fingerprint density at radius 2 is 1.75 bits per heavy atom. The molecule has 16 heavy (non-hydrogen) atoms. The molecule has 0 N–H and O–H groups in total. The Hall–Kier alpha value is -1.45. The van der Waals surface area contributed by atoms with Crippen molar-refractivity contribution in [1.29, 1.82) is 0 Å². The Labute approximate surface area is 96.1 Å². The van der Waals surface area contributed by atoms with Gasteiger partial charge in [0.25, 0.3) is 0 Å². The first-order valence-electron chi connectivity index (χ1n) is 5.39. The number of nitrogens with zero attached hydrogens (tertiary/aromatic N) is 2. The quantitative estimate of drug-likeness (QED) is 0.736. The van der Waals surface area contributed by atoms with Crippen LogP contribution >= 0.6 is 0 Å². The van der Waals surface area contributed by atoms with Crippen LogP contribution in [-0.4, -0.2) is 15.9 Å². The van der Waals surface area contributed by atoms with Crippen LogP contribution < -0.4 is 0 Å². The smallest absolute Gasteiger partial charge is 0.303 e. The SMILES string of the molecule is CC(=O)OCc1nc(C)c(C(C)C)c(C)n1. The summed E-state index contributed by atoms with van der Waals surface area (Å²) in [5.41, 5.74) is 3.10. The molecule has 0 amide bonds. The van der Waals surface area contributed by atoms with Crippen molar-refractivity contribution in [2.45, 2.75) is 47.1 Å². The van der Waals surface area contributed by atoms with Crippen LogP contribution in [0.15, 0.2) is 0 Å². The molecule has 0 unspecified atom stereocenters. The summed E-state index contributed by atoms with van der Waals surface area (Å²) in [5.74, 6) is 0.657. The van der Waals surface area contributed by atoms with Crippen LogP contribution in [0, 0.1) is 13.8 Å². The summed E-state index contributed by atoms with van der Waals surface area (Å²) in [4.78, 5) is 19.4. The molecule has 0 atom stereocenters. The van der Waals surface area contributed by atoms with Crippen molar-refractivity contribution in [1.82, 2.24) is 9.97 Å². The summed E-state index contributed by atoms with van der Waals surface area (Å²) in [6, 6.07) is 0. The molecule has 0 aliphatic rings. The summed E-state index contributed by atoms with van der Waals surface area (Å²) < 4.78 is 4.87. The molecule has 0 radical (unpaired) electrons. The Balaban J connectivity index is 2.96. The van der Waals surface area contributed by atoms with E-state index < -0.39 is 0 Å². The summed E-state index contributed by atoms with van der Waals surface area (Å²) in [5, 5.41) is 0. The van der Waals surface area contributed by atoms with Gasteiger partial charge in [0.1, 0.15) is 0 Å². The minimum atomic E-state index is -0.313. The highest BCUT2D eigenvalue weighted by Gasteiger charge is 2.11. The lowest BCUT2D eigenvalue weighted by Gasteiger charge is -2.13. The van der Waals surface area contributed by atoms with Crippen LogP contribution in [0.4, 0.5) is 0 Å². The van der Waals surface area contributed by atoms with Gasteiger partial charge in [-0.25, -0.2) is 9.97 Å². The molecule has 0 aliphatic carbocycles. The van der Waals surface area contributed by atoms with Gasteiger partial charge in [0, 0.05) is 18.3 Å². The lowest BCUT2D eigenvalue weighted by molar-refractivity contribution is -0.142. The maximum atomic E-state index is 10.7. The summed E-state index contributed by atoms with van der Waals surface area (Å²) in [7, 11) is 0. The third-order valence-electron chi connectivity index (χ3n) is 2.35. The molecule has 0 aromatic carbocycles. The van der Waals surface area contributed by atoms with Gasteiger partial charge in [-0.05, 0) is 25.3 Å². The van der Waals surface area contributed by atoms with Gasteiger partial charge in [0.15, 0.2) is 12.4 Å². The molecule has 1 aromatic rings. The number of ether oxygens (including phenoxy) is 1. The molecule has 1 aromatic heterocycles. The van der Waals surface area contributed by atoms with Crippen molar-refractivity contribution >= 4 is 5.97 Å². The molecule has 1 heterocycles. The molecule has 1 rings (SSSR count). The lowest BCUT2D eigenvalue weighted by atomic mass is 10.0. The summed E-state index contributed by atoms with van der Waals surface area (Å²) >= 11 is 0. The van der Waals surface area contributed by atoms with Gasteiger partial charge in [-0.15, -0.1) is 0 Å². The van der Waals surface area contributed by atoms with Crippen molar-refractivity contribution in [2.75, 3.05) is 0 Å². The number of carbonyl (C=O) groups is 1. The zero-order valence-electron chi connectivity index (χ0n) is 10.5. The van der Waals surface area contributed by atoms with E-state index in [4.69, 9.17) is 4.74 Å². The predicted octanol–water partition coefficient (Wildman–Crippen LogP) is 2.28. The zero-order valence-corrected chi connectivity index (χ0v) is 10.5. The van der Waals surface area contributed by atoms with Crippen LogP contribution in [0.2, 0.25) is 0 Å². The largest absolute Gasteiger partial charge is 0.458 e. The predicted molar refractivity (Wildman–Crippen MR) is 61.1 cm³/mol. The minimum absolute atomic E-state index is 0.148. The van der Waals surface area contributed by atoms with Crippen LogP contribution in [-0.2, 0) is 16.1 Å². The van der Waals surface area contributed by atoms with E-state index in [2.05, 4.69) is 23.8 Å². The first-order chi connectivity index (χ1) is 7.41. The molecular weight excluding hydrogens is 204 g/mol. The van der Waals surface area contributed by atoms with Gasteiger partial charge < -0.3 is 4.74 Å². The van der Waals surface area contributed by atoms with Gasteiger partial charge in [-0.1, -0.05) is 13.8 Å². The number of hydrogen-bond donors (Lipinski definition) is 0.